The molecular weight excluding hydrogens is 516 g/mol. The average molecular weight is 557 g/mol. The molecule has 0 bridgehead atoms. The van der Waals surface area contributed by atoms with Crippen LogP contribution in [-0.2, 0) is 35.1 Å². The Morgan fingerprint density at radius 3 is 2.33 bits per heavy atom. The lowest BCUT2D eigenvalue weighted by atomic mass is 9.98. The molecule has 0 unspecified atom stereocenters. The summed E-state index contributed by atoms with van der Waals surface area (Å²) in [5.74, 6) is -0.713. The number of amides is 3. The van der Waals surface area contributed by atoms with Crippen molar-refractivity contribution in [3.63, 3.8) is 0 Å². The third kappa shape index (κ3) is 8.87. The number of carbonyl (C=O) groups is 4. The molecule has 2 saturated heterocycles. The smallest absolute Gasteiger partial charge is 0.243 e. The second kappa shape index (κ2) is 14.4. The molecule has 1 aromatic rings. The van der Waals surface area contributed by atoms with E-state index in [1.165, 1.54) is 0 Å². The molecule has 3 aliphatic rings. The van der Waals surface area contributed by atoms with Gasteiger partial charge in [0.25, 0.3) is 0 Å². The van der Waals surface area contributed by atoms with E-state index in [4.69, 9.17) is 14.2 Å². The van der Waals surface area contributed by atoms with E-state index < -0.39 is 36.0 Å². The Balaban J connectivity index is 1.42. The fourth-order valence-electron chi connectivity index (χ4n) is 4.94. The van der Waals surface area contributed by atoms with Gasteiger partial charge in [0.05, 0.1) is 39.5 Å². The highest BCUT2D eigenvalue weighted by Gasteiger charge is 2.38. The molecule has 218 valence electrons. The summed E-state index contributed by atoms with van der Waals surface area (Å²) >= 11 is 0. The summed E-state index contributed by atoms with van der Waals surface area (Å²) in [5, 5.41) is 8.41. The topological polar surface area (TPSA) is 139 Å². The minimum absolute atomic E-state index is 0.153. The zero-order valence-corrected chi connectivity index (χ0v) is 23.3. The third-order valence-corrected chi connectivity index (χ3v) is 7.39. The molecule has 4 atom stereocenters. The quantitative estimate of drug-likeness (QED) is 0.223. The van der Waals surface area contributed by atoms with E-state index >= 15 is 0 Å². The van der Waals surface area contributed by atoms with Crippen LogP contribution in [-0.4, -0.2) is 99.2 Å². The number of epoxide rings is 1. The molecule has 40 heavy (non-hydrogen) atoms. The van der Waals surface area contributed by atoms with Gasteiger partial charge in [-0.15, -0.1) is 0 Å². The van der Waals surface area contributed by atoms with E-state index in [2.05, 4.69) is 22.0 Å². The van der Waals surface area contributed by atoms with E-state index in [9.17, 15) is 19.2 Å². The summed E-state index contributed by atoms with van der Waals surface area (Å²) in [6.45, 7) is 4.55. The van der Waals surface area contributed by atoms with Crippen molar-refractivity contribution in [3.05, 3.63) is 41.5 Å². The van der Waals surface area contributed by atoms with Gasteiger partial charge in [0.1, 0.15) is 23.9 Å². The van der Waals surface area contributed by atoms with E-state index in [0.717, 1.165) is 30.4 Å². The fraction of sp³-hybridized carbons (Fsp3) is 0.586. The standard InChI is InChI=1S/C29H40N4O7/c1-19(30-26(34)17-33-11-13-39-14-12-33)28(36)32-24(16-21-7-9-22(38-2)10-8-21)29(37)31-23(27(35)25-18-40-25)15-20-5-3-4-6-20/h5,7-10,19,23-25H,3-4,6,11-18H2,1-2H3,(H,30,34)(H,31,37)(H,32,36)/t19-,23-,24-,25+/m0/s1. The molecule has 1 aliphatic carbocycles. The maximum atomic E-state index is 13.6. The molecule has 11 heteroatoms. The highest BCUT2D eigenvalue weighted by molar-refractivity contribution is 5.96. The predicted molar refractivity (Wildman–Crippen MR) is 147 cm³/mol. The van der Waals surface area contributed by atoms with Crippen LogP contribution in [0.25, 0.3) is 0 Å². The van der Waals surface area contributed by atoms with Gasteiger partial charge < -0.3 is 30.2 Å². The van der Waals surface area contributed by atoms with Crippen molar-refractivity contribution in [1.82, 2.24) is 20.9 Å². The maximum absolute atomic E-state index is 13.6. The van der Waals surface area contributed by atoms with Gasteiger partial charge in [-0.2, -0.15) is 0 Å². The summed E-state index contributed by atoms with van der Waals surface area (Å²) < 4.78 is 15.7. The van der Waals surface area contributed by atoms with Crippen molar-refractivity contribution in [3.8, 4) is 5.75 Å². The number of Topliss-reactive ketones (excluding diaryl/α,β-unsaturated/α-hetero) is 1. The number of benzene rings is 1. The lowest BCUT2D eigenvalue weighted by molar-refractivity contribution is -0.133. The average Bonchev–Trinajstić information content (AvgIpc) is 3.68. The number of nitrogens with one attached hydrogen (secondary N) is 3. The van der Waals surface area contributed by atoms with Crippen molar-refractivity contribution < 1.29 is 33.4 Å². The number of methoxy groups -OCH3 is 1. The molecule has 3 amide bonds. The third-order valence-electron chi connectivity index (χ3n) is 7.39. The van der Waals surface area contributed by atoms with Gasteiger partial charge in [0, 0.05) is 19.5 Å². The van der Waals surface area contributed by atoms with E-state index in [-0.39, 0.29) is 24.7 Å². The van der Waals surface area contributed by atoms with Crippen molar-refractivity contribution in [2.75, 3.05) is 46.6 Å². The highest BCUT2D eigenvalue weighted by atomic mass is 16.6. The van der Waals surface area contributed by atoms with Crippen LogP contribution in [0.2, 0.25) is 0 Å². The van der Waals surface area contributed by atoms with Gasteiger partial charge in [-0.25, -0.2) is 0 Å². The lowest BCUT2D eigenvalue weighted by Crippen LogP contribution is -2.56. The van der Waals surface area contributed by atoms with Crippen LogP contribution in [0.3, 0.4) is 0 Å². The number of morpholine rings is 1. The fourth-order valence-corrected chi connectivity index (χ4v) is 4.94. The molecule has 2 fully saturated rings. The van der Waals surface area contributed by atoms with Crippen LogP contribution in [0.15, 0.2) is 35.9 Å². The number of ketones is 1. The second-order valence-electron chi connectivity index (χ2n) is 10.5. The molecule has 2 heterocycles. The number of hydrogen-bond donors (Lipinski definition) is 3. The van der Waals surface area contributed by atoms with E-state index in [0.29, 0.717) is 45.1 Å². The van der Waals surface area contributed by atoms with E-state index in [1.807, 2.05) is 17.0 Å². The minimum Gasteiger partial charge on any atom is -0.497 e. The molecular formula is C29H40N4O7. The first kappa shape index (κ1) is 29.7. The summed E-state index contributed by atoms with van der Waals surface area (Å²) in [5.41, 5.74) is 1.95. The summed E-state index contributed by atoms with van der Waals surface area (Å²) in [7, 11) is 1.57. The SMILES string of the molecule is COc1ccc(C[C@H](NC(=O)[C@H](C)NC(=O)CN2CCOCC2)C(=O)N[C@@H](CC2=CCCC2)C(=O)[C@H]2CO2)cc1. The second-order valence-corrected chi connectivity index (χ2v) is 10.5. The van der Waals surface area contributed by atoms with Gasteiger partial charge in [-0.05, 0) is 50.3 Å². The van der Waals surface area contributed by atoms with Crippen LogP contribution in [0, 0.1) is 0 Å². The Hall–Kier alpha value is -3.28. The summed E-state index contributed by atoms with van der Waals surface area (Å²) in [6, 6.07) is 4.65. The van der Waals surface area contributed by atoms with Crippen molar-refractivity contribution >= 4 is 23.5 Å². The van der Waals surface area contributed by atoms with Gasteiger partial charge in [-0.3, -0.25) is 24.1 Å². The predicted octanol–water partition coefficient (Wildman–Crippen LogP) is 0.513. The Bertz CT molecular complexity index is 1080. The highest BCUT2D eigenvalue weighted by Crippen LogP contribution is 2.24. The molecule has 4 rings (SSSR count). The van der Waals surface area contributed by atoms with E-state index in [1.54, 1.807) is 26.2 Å². The van der Waals surface area contributed by atoms with Gasteiger partial charge in [0.15, 0.2) is 5.78 Å². The Kier molecular flexibility index (Phi) is 10.7. The number of hydrogen-bond acceptors (Lipinski definition) is 8. The maximum Gasteiger partial charge on any atom is 0.243 e. The van der Waals surface area contributed by atoms with Crippen LogP contribution < -0.4 is 20.7 Å². The molecule has 0 spiro atoms. The zero-order chi connectivity index (χ0) is 28.5. The lowest BCUT2D eigenvalue weighted by Gasteiger charge is -2.27. The molecule has 1 aromatic carbocycles. The Labute approximate surface area is 235 Å². The van der Waals surface area contributed by atoms with Crippen molar-refractivity contribution in [2.45, 2.75) is 63.3 Å². The Morgan fingerprint density at radius 1 is 1.00 bits per heavy atom. The van der Waals surface area contributed by atoms with Crippen molar-refractivity contribution in [1.29, 1.82) is 0 Å². The number of carbonyl (C=O) groups excluding carboxylic acids is 4. The first-order chi connectivity index (χ1) is 19.3. The summed E-state index contributed by atoms with van der Waals surface area (Å²) in [4.78, 5) is 54.2. The van der Waals surface area contributed by atoms with Crippen LogP contribution >= 0.6 is 0 Å². The first-order valence-corrected chi connectivity index (χ1v) is 14.0. The van der Waals surface area contributed by atoms with Gasteiger partial charge >= 0.3 is 0 Å². The minimum atomic E-state index is -0.965. The van der Waals surface area contributed by atoms with Gasteiger partial charge in [-0.1, -0.05) is 23.8 Å². The normalized spacial score (nSPS) is 20.9. The number of allylic oxidation sites excluding steroid dienone is 1. The zero-order valence-electron chi connectivity index (χ0n) is 23.3. The molecule has 3 N–H and O–H groups in total. The number of rotatable bonds is 14. The Morgan fingerprint density at radius 2 is 1.70 bits per heavy atom. The number of nitrogens with zero attached hydrogens (tertiary/aromatic N) is 1. The molecule has 0 saturated carbocycles. The molecule has 0 radical (unpaired) electrons. The molecule has 11 nitrogen and oxygen atoms in total. The monoisotopic (exact) mass is 556 g/mol. The van der Waals surface area contributed by atoms with Crippen LogP contribution in [0.1, 0.15) is 38.2 Å². The summed E-state index contributed by atoms with van der Waals surface area (Å²) in [6.07, 6.45) is 5.16. The first-order valence-electron chi connectivity index (χ1n) is 14.0. The van der Waals surface area contributed by atoms with Crippen molar-refractivity contribution in [2.24, 2.45) is 0 Å². The number of ether oxygens (including phenoxy) is 3. The largest absolute Gasteiger partial charge is 0.497 e. The molecule has 2 aliphatic heterocycles. The molecule has 0 aromatic heterocycles. The van der Waals surface area contributed by atoms with Crippen LogP contribution in [0.4, 0.5) is 0 Å². The van der Waals surface area contributed by atoms with Gasteiger partial charge in [0.2, 0.25) is 17.7 Å². The van der Waals surface area contributed by atoms with Crippen LogP contribution in [0.5, 0.6) is 5.75 Å².